The van der Waals surface area contributed by atoms with Crippen molar-refractivity contribution in [1.29, 1.82) is 0 Å². The van der Waals surface area contributed by atoms with Crippen LogP contribution in [0.25, 0.3) is 0 Å². The fourth-order valence-electron chi connectivity index (χ4n) is 1.13. The van der Waals surface area contributed by atoms with Gasteiger partial charge in [-0.1, -0.05) is 25.7 Å². The second-order valence-electron chi connectivity index (χ2n) is 4.08. The van der Waals surface area contributed by atoms with E-state index in [4.69, 9.17) is 5.11 Å². The third-order valence-corrected chi connectivity index (χ3v) is 2.83. The fraction of sp³-hybridized carbons (Fsp3) is 0.462. The molecular weight excluding hydrogens is 234 g/mol. The van der Waals surface area contributed by atoms with Crippen LogP contribution in [0.5, 0.6) is 0 Å². The molecule has 1 heterocycles. The van der Waals surface area contributed by atoms with Gasteiger partial charge in [0, 0.05) is 18.3 Å². The minimum absolute atomic E-state index is 0.0508. The Balaban J connectivity index is 2.56. The van der Waals surface area contributed by atoms with Crippen LogP contribution in [0.2, 0.25) is 0 Å². The van der Waals surface area contributed by atoms with Crippen molar-refractivity contribution in [2.45, 2.75) is 20.3 Å². The molecule has 0 aromatic carbocycles. The predicted molar refractivity (Wildman–Crippen MR) is 70.1 cm³/mol. The van der Waals surface area contributed by atoms with E-state index in [-0.39, 0.29) is 12.5 Å². The molecule has 0 atom stereocenters. The van der Waals surface area contributed by atoms with E-state index < -0.39 is 0 Å². The lowest BCUT2D eigenvalue weighted by Gasteiger charge is -2.05. The Labute approximate surface area is 106 Å². The molecule has 0 saturated heterocycles. The Bertz CT molecular complexity index is 426. The average molecular weight is 251 g/mol. The fourth-order valence-corrected chi connectivity index (χ4v) is 1.88. The molecule has 0 spiro atoms. The molecule has 1 rings (SSSR count). The van der Waals surface area contributed by atoms with Crippen LogP contribution >= 0.6 is 11.3 Å². The molecular formula is C13H17NO2S. The number of carbonyl (C=O) groups is 1. The van der Waals surface area contributed by atoms with Crippen LogP contribution in [-0.4, -0.2) is 24.2 Å². The summed E-state index contributed by atoms with van der Waals surface area (Å²) in [5, 5.41) is 13.3. The van der Waals surface area contributed by atoms with Crippen molar-refractivity contribution in [1.82, 2.24) is 5.32 Å². The number of rotatable bonds is 4. The number of aliphatic hydroxyl groups excluding tert-OH is 1. The van der Waals surface area contributed by atoms with Gasteiger partial charge in [0.1, 0.15) is 0 Å². The first kappa shape index (κ1) is 13.8. The Morgan fingerprint density at radius 1 is 1.59 bits per heavy atom. The van der Waals surface area contributed by atoms with Crippen molar-refractivity contribution >= 4 is 17.2 Å². The van der Waals surface area contributed by atoms with Gasteiger partial charge in [-0.3, -0.25) is 4.79 Å². The van der Waals surface area contributed by atoms with E-state index in [1.54, 1.807) is 11.4 Å². The quantitative estimate of drug-likeness (QED) is 0.803. The van der Waals surface area contributed by atoms with Gasteiger partial charge >= 0.3 is 0 Å². The largest absolute Gasteiger partial charge is 0.395 e. The van der Waals surface area contributed by atoms with Crippen molar-refractivity contribution in [3.05, 3.63) is 21.9 Å². The normalized spacial score (nSPS) is 9.88. The van der Waals surface area contributed by atoms with Gasteiger partial charge in [-0.05, 0) is 12.0 Å². The van der Waals surface area contributed by atoms with Crippen LogP contribution in [0.4, 0.5) is 0 Å². The third kappa shape index (κ3) is 5.03. The van der Waals surface area contributed by atoms with Gasteiger partial charge in [-0.2, -0.15) is 0 Å². The number of hydrogen-bond acceptors (Lipinski definition) is 3. The van der Waals surface area contributed by atoms with Crippen molar-refractivity contribution in [2.75, 3.05) is 13.2 Å². The lowest BCUT2D eigenvalue weighted by molar-refractivity contribution is 0.0949. The second-order valence-corrected chi connectivity index (χ2v) is 4.99. The highest BCUT2D eigenvalue weighted by molar-refractivity contribution is 7.10. The first-order valence-corrected chi connectivity index (χ1v) is 6.48. The lowest BCUT2D eigenvalue weighted by Crippen LogP contribution is -2.26. The smallest absolute Gasteiger partial charge is 0.252 e. The maximum absolute atomic E-state index is 11.7. The molecule has 0 unspecified atom stereocenters. The van der Waals surface area contributed by atoms with E-state index in [2.05, 4.69) is 31.0 Å². The third-order valence-electron chi connectivity index (χ3n) is 1.98. The Hall–Kier alpha value is -1.31. The first-order valence-electron chi connectivity index (χ1n) is 5.60. The standard InChI is InChI=1S/C13H17NO2S/c1-10(2)8-14-13(16)11-7-12(17-9-11)5-3-4-6-15/h7,9-10,15H,4,6,8H2,1-2H3,(H,14,16). The van der Waals surface area contributed by atoms with Crippen molar-refractivity contribution in [3.63, 3.8) is 0 Å². The van der Waals surface area contributed by atoms with Crippen LogP contribution in [0.1, 0.15) is 35.5 Å². The number of carbonyl (C=O) groups excluding carboxylic acids is 1. The average Bonchev–Trinajstić information content (AvgIpc) is 2.75. The van der Waals surface area contributed by atoms with Gasteiger partial charge in [0.2, 0.25) is 0 Å². The summed E-state index contributed by atoms with van der Waals surface area (Å²) < 4.78 is 0. The van der Waals surface area contributed by atoms with E-state index in [9.17, 15) is 4.79 Å². The Kier molecular flexibility index (Phi) is 5.75. The van der Waals surface area contributed by atoms with Gasteiger partial charge in [0.05, 0.1) is 17.0 Å². The van der Waals surface area contributed by atoms with Gasteiger partial charge in [-0.25, -0.2) is 0 Å². The molecule has 92 valence electrons. The van der Waals surface area contributed by atoms with Gasteiger partial charge in [-0.15, -0.1) is 11.3 Å². The molecule has 0 aliphatic rings. The monoisotopic (exact) mass is 251 g/mol. The highest BCUT2D eigenvalue weighted by Gasteiger charge is 2.07. The molecule has 17 heavy (non-hydrogen) atoms. The van der Waals surface area contributed by atoms with E-state index in [1.807, 2.05) is 0 Å². The summed E-state index contributed by atoms with van der Waals surface area (Å²) >= 11 is 1.45. The van der Waals surface area contributed by atoms with Crippen LogP contribution in [0.15, 0.2) is 11.4 Å². The molecule has 2 N–H and O–H groups in total. The molecule has 0 aliphatic heterocycles. The SMILES string of the molecule is CC(C)CNC(=O)c1csc(C#CCCO)c1. The van der Waals surface area contributed by atoms with E-state index in [0.717, 1.165) is 4.88 Å². The minimum atomic E-state index is -0.0508. The zero-order valence-corrected chi connectivity index (χ0v) is 10.9. The van der Waals surface area contributed by atoms with Crippen LogP contribution < -0.4 is 5.32 Å². The van der Waals surface area contributed by atoms with Gasteiger partial charge in [0.15, 0.2) is 0 Å². The molecule has 0 saturated carbocycles. The molecule has 4 heteroatoms. The summed E-state index contributed by atoms with van der Waals surface area (Å²) in [6.45, 7) is 4.86. The molecule has 1 aromatic heterocycles. The minimum Gasteiger partial charge on any atom is -0.395 e. The summed E-state index contributed by atoms with van der Waals surface area (Å²) in [7, 11) is 0. The second kappa shape index (κ2) is 7.10. The Morgan fingerprint density at radius 3 is 3.00 bits per heavy atom. The Morgan fingerprint density at radius 2 is 2.35 bits per heavy atom. The topological polar surface area (TPSA) is 49.3 Å². The van der Waals surface area contributed by atoms with Crippen molar-refractivity contribution in [3.8, 4) is 11.8 Å². The lowest BCUT2D eigenvalue weighted by atomic mass is 10.2. The maximum Gasteiger partial charge on any atom is 0.252 e. The summed E-state index contributed by atoms with van der Waals surface area (Å²) in [5.41, 5.74) is 0.656. The zero-order valence-electron chi connectivity index (χ0n) is 10.1. The zero-order chi connectivity index (χ0) is 12.7. The van der Waals surface area contributed by atoms with E-state index in [0.29, 0.717) is 24.4 Å². The summed E-state index contributed by atoms with van der Waals surface area (Å²) in [6.07, 6.45) is 0.465. The number of hydrogen-bond donors (Lipinski definition) is 2. The molecule has 1 aromatic rings. The molecule has 0 fully saturated rings. The van der Waals surface area contributed by atoms with Crippen molar-refractivity contribution < 1.29 is 9.90 Å². The van der Waals surface area contributed by atoms with Gasteiger partial charge < -0.3 is 10.4 Å². The molecule has 0 radical (unpaired) electrons. The summed E-state index contributed by atoms with van der Waals surface area (Å²) in [6, 6.07) is 1.78. The van der Waals surface area contributed by atoms with Crippen molar-refractivity contribution in [2.24, 2.45) is 5.92 Å². The molecule has 0 bridgehead atoms. The summed E-state index contributed by atoms with van der Waals surface area (Å²) in [5.74, 6) is 6.14. The van der Waals surface area contributed by atoms with Crippen LogP contribution in [0.3, 0.4) is 0 Å². The van der Waals surface area contributed by atoms with E-state index >= 15 is 0 Å². The molecule has 0 aliphatic carbocycles. The number of aliphatic hydroxyl groups is 1. The highest BCUT2D eigenvalue weighted by atomic mass is 32.1. The van der Waals surface area contributed by atoms with Crippen LogP contribution in [-0.2, 0) is 0 Å². The van der Waals surface area contributed by atoms with E-state index in [1.165, 1.54) is 11.3 Å². The molecule has 3 nitrogen and oxygen atoms in total. The number of thiophene rings is 1. The predicted octanol–water partition coefficient (Wildman–Crippen LogP) is 1.87. The number of nitrogens with one attached hydrogen (secondary N) is 1. The first-order chi connectivity index (χ1) is 8.13. The van der Waals surface area contributed by atoms with Gasteiger partial charge in [0.25, 0.3) is 5.91 Å². The molecule has 1 amide bonds. The maximum atomic E-state index is 11.7. The highest BCUT2D eigenvalue weighted by Crippen LogP contribution is 2.13. The van der Waals surface area contributed by atoms with Crippen LogP contribution in [0, 0.1) is 17.8 Å². The number of amides is 1. The summed E-state index contributed by atoms with van der Waals surface area (Å²) in [4.78, 5) is 12.6.